The van der Waals surface area contributed by atoms with Crippen LogP contribution < -0.4 is 15.5 Å². The van der Waals surface area contributed by atoms with Crippen LogP contribution in [0.4, 0.5) is 16.2 Å². The van der Waals surface area contributed by atoms with Gasteiger partial charge in [0.25, 0.3) is 0 Å². The fourth-order valence-electron chi connectivity index (χ4n) is 2.98. The Morgan fingerprint density at radius 2 is 1.96 bits per heavy atom. The van der Waals surface area contributed by atoms with Crippen LogP contribution in [0.5, 0.6) is 0 Å². The van der Waals surface area contributed by atoms with Crippen LogP contribution in [0, 0.1) is 0 Å². The fraction of sp³-hybridized carbons (Fsp3) is 0.300. The molecule has 136 valence electrons. The van der Waals surface area contributed by atoms with E-state index in [9.17, 15) is 4.79 Å². The lowest BCUT2D eigenvalue weighted by atomic mass is 10.2. The van der Waals surface area contributed by atoms with Crippen LogP contribution in [0.1, 0.15) is 18.1 Å². The first kappa shape index (κ1) is 17.8. The van der Waals surface area contributed by atoms with Crippen LogP contribution in [0.2, 0.25) is 0 Å². The first-order valence-corrected chi connectivity index (χ1v) is 8.79. The van der Waals surface area contributed by atoms with Crippen LogP contribution in [-0.2, 0) is 17.7 Å². The van der Waals surface area contributed by atoms with Gasteiger partial charge in [-0.1, -0.05) is 30.3 Å². The maximum Gasteiger partial charge on any atom is 0.411 e. The number of carbonyl (C=O) groups is 1. The molecule has 1 amide bonds. The highest BCUT2D eigenvalue weighted by Crippen LogP contribution is 2.27. The SMILES string of the molecule is CCNC(=NCc1ccc(NC(=O)OC)cc1)N1CCc2ccccc21. The Kier molecular flexibility index (Phi) is 5.73. The normalized spacial score (nSPS) is 13.3. The van der Waals surface area contributed by atoms with Crippen molar-refractivity contribution in [1.82, 2.24) is 5.32 Å². The van der Waals surface area contributed by atoms with E-state index in [4.69, 9.17) is 4.99 Å². The number of hydrogen-bond acceptors (Lipinski definition) is 3. The molecule has 1 heterocycles. The number of fused-ring (bicyclic) bond motifs is 1. The van der Waals surface area contributed by atoms with Crippen LogP contribution in [0.15, 0.2) is 53.5 Å². The standard InChI is InChI=1S/C20H24N4O2/c1-3-21-19(24-13-12-16-6-4-5-7-18(16)24)22-14-15-8-10-17(11-9-15)23-20(25)26-2/h4-11H,3,12-14H2,1-2H3,(H,21,22)(H,23,25). The second-order valence-corrected chi connectivity index (χ2v) is 6.01. The Balaban J connectivity index is 1.71. The first-order valence-electron chi connectivity index (χ1n) is 8.79. The summed E-state index contributed by atoms with van der Waals surface area (Å²) in [6.07, 6.45) is 0.562. The minimum absolute atomic E-state index is 0.474. The first-order chi connectivity index (χ1) is 12.7. The van der Waals surface area contributed by atoms with Crippen molar-refractivity contribution in [1.29, 1.82) is 0 Å². The van der Waals surface area contributed by atoms with Crippen molar-refractivity contribution in [3.63, 3.8) is 0 Å². The molecule has 2 N–H and O–H groups in total. The highest BCUT2D eigenvalue weighted by atomic mass is 16.5. The van der Waals surface area contributed by atoms with E-state index >= 15 is 0 Å². The van der Waals surface area contributed by atoms with Gasteiger partial charge in [0.05, 0.1) is 13.7 Å². The monoisotopic (exact) mass is 352 g/mol. The lowest BCUT2D eigenvalue weighted by Crippen LogP contribution is -2.40. The van der Waals surface area contributed by atoms with Crippen LogP contribution in [-0.4, -0.2) is 32.3 Å². The van der Waals surface area contributed by atoms with Crippen molar-refractivity contribution in [2.45, 2.75) is 19.9 Å². The molecule has 0 unspecified atom stereocenters. The molecule has 26 heavy (non-hydrogen) atoms. The van der Waals surface area contributed by atoms with Gasteiger partial charge in [-0.05, 0) is 42.7 Å². The van der Waals surface area contributed by atoms with Gasteiger partial charge in [0, 0.05) is 24.5 Å². The third-order valence-corrected chi connectivity index (χ3v) is 4.27. The summed E-state index contributed by atoms with van der Waals surface area (Å²) in [7, 11) is 1.34. The molecule has 0 bridgehead atoms. The van der Waals surface area contributed by atoms with Crippen LogP contribution in [0.3, 0.4) is 0 Å². The van der Waals surface area contributed by atoms with Gasteiger partial charge in [-0.2, -0.15) is 0 Å². The maximum atomic E-state index is 11.2. The van der Waals surface area contributed by atoms with E-state index in [1.54, 1.807) is 0 Å². The molecule has 0 aromatic heterocycles. The van der Waals surface area contributed by atoms with Crippen LogP contribution >= 0.6 is 0 Å². The van der Waals surface area contributed by atoms with Crippen molar-refractivity contribution in [3.05, 3.63) is 59.7 Å². The molecule has 1 aliphatic rings. The van der Waals surface area contributed by atoms with Gasteiger partial charge in [0.15, 0.2) is 5.96 Å². The third kappa shape index (κ3) is 4.14. The Bertz CT molecular complexity index is 787. The number of hydrogen-bond donors (Lipinski definition) is 2. The van der Waals surface area contributed by atoms with E-state index in [1.807, 2.05) is 24.3 Å². The third-order valence-electron chi connectivity index (χ3n) is 4.27. The van der Waals surface area contributed by atoms with Gasteiger partial charge in [0.1, 0.15) is 0 Å². The Morgan fingerprint density at radius 1 is 1.19 bits per heavy atom. The summed E-state index contributed by atoms with van der Waals surface area (Å²) >= 11 is 0. The van der Waals surface area contributed by atoms with E-state index in [-0.39, 0.29) is 0 Å². The number of anilines is 2. The highest BCUT2D eigenvalue weighted by Gasteiger charge is 2.22. The van der Waals surface area contributed by atoms with Crippen molar-refractivity contribution in [2.75, 3.05) is 30.4 Å². The second-order valence-electron chi connectivity index (χ2n) is 6.01. The molecule has 0 saturated heterocycles. The average Bonchev–Trinajstić information content (AvgIpc) is 3.10. The Morgan fingerprint density at radius 3 is 2.69 bits per heavy atom. The molecule has 6 heteroatoms. The number of carbonyl (C=O) groups excluding carboxylic acids is 1. The van der Waals surface area contributed by atoms with Gasteiger partial charge in [-0.25, -0.2) is 9.79 Å². The van der Waals surface area contributed by atoms with Crippen LogP contribution in [0.25, 0.3) is 0 Å². The number of ether oxygens (including phenoxy) is 1. The molecule has 1 aliphatic heterocycles. The van der Waals surface area contributed by atoms with Crippen molar-refractivity contribution in [2.24, 2.45) is 4.99 Å². The summed E-state index contributed by atoms with van der Waals surface area (Å²) < 4.78 is 4.59. The molecule has 0 fully saturated rings. The summed E-state index contributed by atoms with van der Waals surface area (Å²) in [6.45, 7) is 4.40. The zero-order chi connectivity index (χ0) is 18.4. The van der Waals surface area contributed by atoms with Gasteiger partial charge in [-0.15, -0.1) is 0 Å². The summed E-state index contributed by atoms with van der Waals surface area (Å²) in [4.78, 5) is 18.3. The fourth-order valence-corrected chi connectivity index (χ4v) is 2.98. The van der Waals surface area contributed by atoms with Gasteiger partial charge < -0.3 is 15.0 Å². The van der Waals surface area contributed by atoms with Crippen molar-refractivity contribution in [3.8, 4) is 0 Å². The Labute approximate surface area is 153 Å². The molecule has 2 aromatic rings. The van der Waals surface area contributed by atoms with E-state index in [2.05, 4.69) is 51.5 Å². The lowest BCUT2D eigenvalue weighted by molar-refractivity contribution is 0.187. The number of aliphatic imine (C=N–C) groups is 1. The molecular weight excluding hydrogens is 328 g/mol. The topological polar surface area (TPSA) is 66.0 Å². The van der Waals surface area contributed by atoms with Gasteiger partial charge >= 0.3 is 6.09 Å². The lowest BCUT2D eigenvalue weighted by Gasteiger charge is -2.22. The van der Waals surface area contributed by atoms with E-state index in [1.165, 1.54) is 18.4 Å². The van der Waals surface area contributed by atoms with Crippen molar-refractivity contribution < 1.29 is 9.53 Å². The summed E-state index contributed by atoms with van der Waals surface area (Å²) in [5.74, 6) is 0.897. The molecule has 0 aliphatic carbocycles. The van der Waals surface area contributed by atoms with E-state index < -0.39 is 6.09 Å². The average molecular weight is 352 g/mol. The molecule has 3 rings (SSSR count). The zero-order valence-corrected chi connectivity index (χ0v) is 15.2. The number of amides is 1. The molecule has 0 atom stereocenters. The summed E-state index contributed by atoms with van der Waals surface area (Å²) in [5.41, 5.74) is 4.36. The predicted molar refractivity (Wildman–Crippen MR) is 105 cm³/mol. The summed E-state index contributed by atoms with van der Waals surface area (Å²) in [5, 5.41) is 6.03. The van der Waals surface area contributed by atoms with E-state index in [0.717, 1.165) is 31.0 Å². The van der Waals surface area contributed by atoms with Gasteiger partial charge in [0.2, 0.25) is 0 Å². The molecule has 0 radical (unpaired) electrons. The molecule has 0 saturated carbocycles. The molecule has 2 aromatic carbocycles. The Hall–Kier alpha value is -3.02. The van der Waals surface area contributed by atoms with Gasteiger partial charge in [-0.3, -0.25) is 5.32 Å². The number of methoxy groups -OCH3 is 1. The highest BCUT2D eigenvalue weighted by molar-refractivity contribution is 5.98. The molecular formula is C20H24N4O2. The number of guanidine groups is 1. The maximum absolute atomic E-state index is 11.2. The minimum Gasteiger partial charge on any atom is -0.453 e. The number of rotatable bonds is 4. The zero-order valence-electron chi connectivity index (χ0n) is 15.2. The quantitative estimate of drug-likeness (QED) is 0.654. The number of nitrogens with one attached hydrogen (secondary N) is 2. The molecule has 0 spiro atoms. The molecule has 6 nitrogen and oxygen atoms in total. The predicted octanol–water partition coefficient (Wildman–Crippen LogP) is 3.39. The number of nitrogens with zero attached hydrogens (tertiary/aromatic N) is 2. The number of para-hydroxylation sites is 1. The number of benzene rings is 2. The second kappa shape index (κ2) is 8.38. The summed E-state index contributed by atoms with van der Waals surface area (Å²) in [6, 6.07) is 16.1. The smallest absolute Gasteiger partial charge is 0.411 e. The van der Waals surface area contributed by atoms with E-state index in [0.29, 0.717) is 12.2 Å². The largest absolute Gasteiger partial charge is 0.453 e. The van der Waals surface area contributed by atoms with Crippen molar-refractivity contribution >= 4 is 23.4 Å². The minimum atomic E-state index is -0.474.